The summed E-state index contributed by atoms with van der Waals surface area (Å²) in [6.45, 7) is 2.02. The van der Waals surface area contributed by atoms with E-state index in [1.807, 2.05) is 19.1 Å². The number of hydrogen-bond donors (Lipinski definition) is 2. The third-order valence-corrected chi connectivity index (χ3v) is 6.08. The minimum atomic E-state index is -0.909. The van der Waals surface area contributed by atoms with Gasteiger partial charge in [-0.05, 0) is 47.4 Å². The molecule has 178 valence electrons. The molecule has 1 aliphatic rings. The molecule has 35 heavy (non-hydrogen) atoms. The molecule has 0 aliphatic carbocycles. The number of rotatable bonds is 6. The van der Waals surface area contributed by atoms with E-state index in [1.165, 1.54) is 24.1 Å². The summed E-state index contributed by atoms with van der Waals surface area (Å²) in [6.07, 6.45) is 0.898. The fraction of sp³-hybridized carbons (Fsp3) is 0.179. The van der Waals surface area contributed by atoms with Crippen molar-refractivity contribution in [2.24, 2.45) is 0 Å². The van der Waals surface area contributed by atoms with E-state index in [2.05, 4.69) is 0 Å². The lowest BCUT2D eigenvalue weighted by Gasteiger charge is -2.25. The molecular formula is C28H25NO6. The van der Waals surface area contributed by atoms with E-state index in [1.54, 1.807) is 48.5 Å². The molecule has 1 unspecified atom stereocenters. The molecule has 0 radical (unpaired) electrons. The van der Waals surface area contributed by atoms with E-state index in [9.17, 15) is 24.6 Å². The van der Waals surface area contributed by atoms with Gasteiger partial charge in [-0.15, -0.1) is 0 Å². The van der Waals surface area contributed by atoms with Gasteiger partial charge >= 0.3 is 5.97 Å². The molecule has 2 N–H and O–H groups in total. The van der Waals surface area contributed by atoms with Crippen molar-refractivity contribution in [2.45, 2.75) is 25.8 Å². The molecule has 1 heterocycles. The minimum absolute atomic E-state index is 0.0352. The van der Waals surface area contributed by atoms with Crippen LogP contribution in [0.2, 0.25) is 0 Å². The molecule has 1 fully saturated rings. The molecule has 1 saturated heterocycles. The number of carbonyl (C=O) groups excluding carboxylic acids is 3. The molecule has 3 aromatic carbocycles. The average molecular weight is 472 g/mol. The summed E-state index contributed by atoms with van der Waals surface area (Å²) in [4.78, 5) is 39.3. The Hall–Kier alpha value is -4.39. The van der Waals surface area contributed by atoms with Gasteiger partial charge in [0.25, 0.3) is 11.7 Å². The van der Waals surface area contributed by atoms with Crippen LogP contribution < -0.4 is 4.90 Å². The number of esters is 1. The second-order valence-electron chi connectivity index (χ2n) is 8.23. The average Bonchev–Trinajstić information content (AvgIpc) is 3.14. The maximum atomic E-state index is 13.2. The van der Waals surface area contributed by atoms with Crippen LogP contribution in [-0.4, -0.2) is 35.0 Å². The van der Waals surface area contributed by atoms with Crippen LogP contribution in [0.15, 0.2) is 78.4 Å². The van der Waals surface area contributed by atoms with Crippen LogP contribution in [0.4, 0.5) is 5.69 Å². The Morgan fingerprint density at radius 2 is 1.51 bits per heavy atom. The molecule has 0 spiro atoms. The Balaban J connectivity index is 1.83. The van der Waals surface area contributed by atoms with Crippen molar-refractivity contribution in [3.8, 4) is 5.75 Å². The zero-order chi connectivity index (χ0) is 25.1. The Kier molecular flexibility index (Phi) is 6.68. The van der Waals surface area contributed by atoms with E-state index in [0.717, 1.165) is 12.0 Å². The normalized spacial score (nSPS) is 17.0. The van der Waals surface area contributed by atoms with Crippen LogP contribution in [0, 0.1) is 0 Å². The van der Waals surface area contributed by atoms with Gasteiger partial charge in [0.05, 0.1) is 25.1 Å². The van der Waals surface area contributed by atoms with Gasteiger partial charge < -0.3 is 14.9 Å². The molecule has 0 saturated carbocycles. The largest absolute Gasteiger partial charge is 0.508 e. The molecule has 1 amide bonds. The van der Waals surface area contributed by atoms with Gasteiger partial charge in [-0.1, -0.05) is 55.5 Å². The van der Waals surface area contributed by atoms with Crippen molar-refractivity contribution < 1.29 is 29.3 Å². The summed E-state index contributed by atoms with van der Waals surface area (Å²) in [7, 11) is 1.31. The number of amides is 1. The number of phenols is 1. The number of Topliss-reactive ketones (excluding diaryl/α,β-unsaturated/α-hetero) is 1. The fourth-order valence-electron chi connectivity index (χ4n) is 4.14. The maximum Gasteiger partial charge on any atom is 0.309 e. The highest BCUT2D eigenvalue weighted by Gasteiger charge is 2.46. The highest BCUT2D eigenvalue weighted by Crippen LogP contribution is 2.42. The first-order chi connectivity index (χ1) is 16.8. The number of methoxy groups -OCH3 is 1. The fourth-order valence-corrected chi connectivity index (χ4v) is 4.14. The molecule has 1 atom stereocenters. The highest BCUT2D eigenvalue weighted by atomic mass is 16.5. The lowest BCUT2D eigenvalue weighted by atomic mass is 9.94. The van der Waals surface area contributed by atoms with Crippen LogP contribution in [0.25, 0.3) is 5.76 Å². The summed E-state index contributed by atoms with van der Waals surface area (Å²) in [6, 6.07) is 19.1. The number of benzene rings is 3. The maximum absolute atomic E-state index is 13.2. The molecule has 0 bridgehead atoms. The summed E-state index contributed by atoms with van der Waals surface area (Å²) in [5.74, 6) is -2.22. The number of phenolic OH excluding ortho intramolecular Hbond substituents is 1. The van der Waals surface area contributed by atoms with Crippen molar-refractivity contribution in [1.82, 2.24) is 0 Å². The van der Waals surface area contributed by atoms with Gasteiger partial charge in [-0.3, -0.25) is 19.3 Å². The van der Waals surface area contributed by atoms with Crippen LogP contribution >= 0.6 is 0 Å². The van der Waals surface area contributed by atoms with Gasteiger partial charge in [0, 0.05) is 11.3 Å². The van der Waals surface area contributed by atoms with Gasteiger partial charge in [-0.2, -0.15) is 0 Å². The number of aliphatic hydroxyl groups is 1. The van der Waals surface area contributed by atoms with Crippen molar-refractivity contribution >= 4 is 29.1 Å². The number of ether oxygens (including phenoxy) is 1. The van der Waals surface area contributed by atoms with Crippen LogP contribution in [0.1, 0.15) is 35.2 Å². The number of nitrogens with zero attached hydrogens (tertiary/aromatic N) is 1. The predicted octanol–water partition coefficient (Wildman–Crippen LogP) is 4.30. The molecule has 4 rings (SSSR count). The number of aromatic hydroxyl groups is 1. The standard InChI is InChI=1S/C28H25NO6/c1-3-17-4-8-20(9-5-17)26(32)24-25(19-10-14-22(30)15-11-19)29(28(34)27(24)33)21-12-6-18(7-13-21)16-23(31)35-2/h4-15,25,30,32H,3,16H2,1-2H3/b26-24+. The molecule has 0 aromatic heterocycles. The van der Waals surface area contributed by atoms with Crippen molar-refractivity contribution in [3.05, 3.63) is 101 Å². The molecule has 3 aromatic rings. The lowest BCUT2D eigenvalue weighted by Crippen LogP contribution is -2.29. The first kappa shape index (κ1) is 23.8. The van der Waals surface area contributed by atoms with Crippen LogP contribution in [0.5, 0.6) is 5.75 Å². The Bertz CT molecular complexity index is 1290. The van der Waals surface area contributed by atoms with E-state index >= 15 is 0 Å². The Labute approximate surface area is 202 Å². The zero-order valence-corrected chi connectivity index (χ0v) is 19.4. The number of carbonyl (C=O) groups is 3. The first-order valence-electron chi connectivity index (χ1n) is 11.2. The number of aliphatic hydroxyl groups excluding tert-OH is 1. The van der Waals surface area contributed by atoms with Crippen LogP contribution in [-0.2, 0) is 32.0 Å². The number of ketones is 1. The van der Waals surface area contributed by atoms with E-state index in [4.69, 9.17) is 4.74 Å². The quantitative estimate of drug-likeness (QED) is 0.241. The van der Waals surface area contributed by atoms with Gasteiger partial charge in [0.2, 0.25) is 0 Å². The van der Waals surface area contributed by atoms with Crippen molar-refractivity contribution in [1.29, 1.82) is 0 Å². The second-order valence-corrected chi connectivity index (χ2v) is 8.23. The number of aryl methyl sites for hydroxylation is 1. The summed E-state index contributed by atoms with van der Waals surface area (Å²) in [5, 5.41) is 20.9. The van der Waals surface area contributed by atoms with E-state index in [-0.39, 0.29) is 23.5 Å². The second kappa shape index (κ2) is 9.85. The Morgan fingerprint density at radius 3 is 2.09 bits per heavy atom. The number of anilines is 1. The molecule has 7 nitrogen and oxygen atoms in total. The van der Waals surface area contributed by atoms with Gasteiger partial charge in [0.15, 0.2) is 0 Å². The molecular weight excluding hydrogens is 446 g/mol. The smallest absolute Gasteiger partial charge is 0.309 e. The van der Waals surface area contributed by atoms with E-state index < -0.39 is 23.7 Å². The summed E-state index contributed by atoms with van der Waals surface area (Å²) >= 11 is 0. The summed E-state index contributed by atoms with van der Waals surface area (Å²) < 4.78 is 4.69. The monoisotopic (exact) mass is 471 g/mol. The van der Waals surface area contributed by atoms with Crippen molar-refractivity contribution in [2.75, 3.05) is 12.0 Å². The molecule has 1 aliphatic heterocycles. The van der Waals surface area contributed by atoms with Gasteiger partial charge in [-0.25, -0.2) is 0 Å². The van der Waals surface area contributed by atoms with Crippen molar-refractivity contribution in [3.63, 3.8) is 0 Å². The first-order valence-corrected chi connectivity index (χ1v) is 11.2. The van der Waals surface area contributed by atoms with Crippen LogP contribution in [0.3, 0.4) is 0 Å². The third kappa shape index (κ3) is 4.66. The topological polar surface area (TPSA) is 104 Å². The number of hydrogen-bond acceptors (Lipinski definition) is 6. The van der Waals surface area contributed by atoms with Gasteiger partial charge in [0.1, 0.15) is 11.5 Å². The minimum Gasteiger partial charge on any atom is -0.508 e. The Morgan fingerprint density at radius 1 is 0.914 bits per heavy atom. The highest BCUT2D eigenvalue weighted by molar-refractivity contribution is 6.51. The predicted molar refractivity (Wildman–Crippen MR) is 131 cm³/mol. The summed E-state index contributed by atoms with van der Waals surface area (Å²) in [5.41, 5.74) is 3.13. The SMILES string of the molecule is CCc1ccc(/C(O)=C2\C(=O)C(=O)N(c3ccc(CC(=O)OC)cc3)C2c2ccc(O)cc2)cc1. The third-order valence-electron chi connectivity index (χ3n) is 6.08. The van der Waals surface area contributed by atoms with E-state index in [0.29, 0.717) is 22.4 Å². The zero-order valence-electron chi connectivity index (χ0n) is 19.4. The lowest BCUT2D eigenvalue weighted by molar-refractivity contribution is -0.139. The molecule has 7 heteroatoms.